The molecular weight excluding hydrogens is 381 g/mol. The lowest BCUT2D eigenvalue weighted by Gasteiger charge is -2.17. The number of hydrogen-bond acceptors (Lipinski definition) is 5. The van der Waals surface area contributed by atoms with E-state index in [1.165, 1.54) is 12.1 Å². The van der Waals surface area contributed by atoms with E-state index in [0.29, 0.717) is 11.7 Å². The topological polar surface area (TPSA) is 82.8 Å². The summed E-state index contributed by atoms with van der Waals surface area (Å²) in [4.78, 5) is 4.45. The summed E-state index contributed by atoms with van der Waals surface area (Å²) in [5.41, 5.74) is 9.49. The highest BCUT2D eigenvalue weighted by atomic mass is 35.5. The predicted octanol–water partition coefficient (Wildman–Crippen LogP) is 4.33. The molecule has 0 spiro atoms. The average molecular weight is 404 g/mol. The smallest absolute Gasteiger partial charge is 0.250 e. The van der Waals surface area contributed by atoms with E-state index in [1.807, 2.05) is 19.9 Å². The van der Waals surface area contributed by atoms with Gasteiger partial charge in [0.15, 0.2) is 5.82 Å². The Morgan fingerprint density at radius 1 is 1.14 bits per heavy atom. The molecule has 0 atom stereocenters. The molecule has 0 saturated heterocycles. The van der Waals surface area contributed by atoms with Crippen molar-refractivity contribution in [3.63, 3.8) is 0 Å². The molecule has 6 nitrogen and oxygen atoms in total. The minimum atomic E-state index is -0.463. The Hall–Kier alpha value is -2.51. The first-order valence-corrected chi connectivity index (χ1v) is 9.10. The molecule has 1 aliphatic carbocycles. The maximum atomic E-state index is 13.2. The number of halogens is 2. The van der Waals surface area contributed by atoms with Crippen molar-refractivity contribution in [3.05, 3.63) is 58.7 Å². The second kappa shape index (κ2) is 7.85. The molecule has 1 fully saturated rings. The Kier molecular flexibility index (Phi) is 5.67. The molecule has 2 heterocycles. The normalized spacial score (nSPS) is 15.9. The second-order valence-corrected chi connectivity index (χ2v) is 7.13. The van der Waals surface area contributed by atoms with Gasteiger partial charge in [0.2, 0.25) is 0 Å². The minimum absolute atomic E-state index is 0. The number of aromatic nitrogens is 4. The van der Waals surface area contributed by atoms with E-state index in [1.54, 1.807) is 22.9 Å². The van der Waals surface area contributed by atoms with Gasteiger partial charge < -0.3 is 10.3 Å². The zero-order valence-electron chi connectivity index (χ0n) is 15.9. The van der Waals surface area contributed by atoms with Crippen molar-refractivity contribution >= 4 is 24.6 Å². The van der Waals surface area contributed by atoms with Gasteiger partial charge in [0.1, 0.15) is 5.82 Å². The van der Waals surface area contributed by atoms with Crippen LogP contribution in [0, 0.1) is 19.7 Å². The largest absolute Gasteiger partial charge is 0.335 e. The number of aryl methyl sites for hydroxylation is 1. The van der Waals surface area contributed by atoms with Crippen LogP contribution in [0.1, 0.15) is 54.3 Å². The van der Waals surface area contributed by atoms with Crippen LogP contribution in [0.15, 0.2) is 28.8 Å². The highest BCUT2D eigenvalue weighted by Crippen LogP contribution is 2.34. The van der Waals surface area contributed by atoms with Gasteiger partial charge in [-0.1, -0.05) is 18.0 Å². The monoisotopic (exact) mass is 403 g/mol. The van der Waals surface area contributed by atoms with Crippen molar-refractivity contribution in [2.45, 2.75) is 45.1 Å². The third-order valence-electron chi connectivity index (χ3n) is 5.19. The van der Waals surface area contributed by atoms with E-state index in [2.05, 4.69) is 15.2 Å². The van der Waals surface area contributed by atoms with Gasteiger partial charge in [0.05, 0.1) is 16.9 Å². The van der Waals surface area contributed by atoms with Gasteiger partial charge in [-0.3, -0.25) is 0 Å². The molecule has 1 aromatic carbocycles. The maximum Gasteiger partial charge on any atom is 0.250 e. The first-order valence-electron chi connectivity index (χ1n) is 9.10. The number of rotatable bonds is 4. The van der Waals surface area contributed by atoms with Crippen molar-refractivity contribution in [2.24, 2.45) is 5.73 Å². The number of benzene rings is 1. The summed E-state index contributed by atoms with van der Waals surface area (Å²) < 4.78 is 20.3. The molecule has 2 N–H and O–H groups in total. The zero-order chi connectivity index (χ0) is 19.0. The SMILES string of the molecule is Cc1nn(-c2ccc(F)cc2)c(C)c1/C=C/c1nc(C2(N)CCCC2)no1.Cl. The molecule has 1 aliphatic rings. The Bertz CT molecular complexity index is 987. The lowest BCUT2D eigenvalue weighted by molar-refractivity contribution is 0.364. The molecule has 28 heavy (non-hydrogen) atoms. The molecule has 1 saturated carbocycles. The lowest BCUT2D eigenvalue weighted by atomic mass is 9.99. The van der Waals surface area contributed by atoms with E-state index in [0.717, 1.165) is 48.3 Å². The van der Waals surface area contributed by atoms with Gasteiger partial charge >= 0.3 is 0 Å². The van der Waals surface area contributed by atoms with Gasteiger partial charge in [0, 0.05) is 17.3 Å². The molecule has 148 valence electrons. The van der Waals surface area contributed by atoms with Crippen LogP contribution in [0.4, 0.5) is 4.39 Å². The average Bonchev–Trinajstić information content (AvgIpc) is 3.36. The van der Waals surface area contributed by atoms with Crippen LogP contribution in [0.3, 0.4) is 0 Å². The van der Waals surface area contributed by atoms with Gasteiger partial charge in [-0.05, 0) is 57.0 Å². The van der Waals surface area contributed by atoms with Crippen molar-refractivity contribution in [3.8, 4) is 5.69 Å². The fourth-order valence-electron chi connectivity index (χ4n) is 3.62. The summed E-state index contributed by atoms with van der Waals surface area (Å²) in [6, 6.07) is 6.25. The highest BCUT2D eigenvalue weighted by molar-refractivity contribution is 5.85. The second-order valence-electron chi connectivity index (χ2n) is 7.13. The summed E-state index contributed by atoms with van der Waals surface area (Å²) in [6.45, 7) is 3.90. The highest BCUT2D eigenvalue weighted by Gasteiger charge is 2.35. The Morgan fingerprint density at radius 2 is 1.82 bits per heavy atom. The molecule has 0 amide bonds. The third-order valence-corrected chi connectivity index (χ3v) is 5.19. The molecule has 3 aromatic rings. The lowest BCUT2D eigenvalue weighted by Crippen LogP contribution is -2.34. The van der Waals surface area contributed by atoms with E-state index >= 15 is 0 Å². The Balaban J connectivity index is 0.00000225. The van der Waals surface area contributed by atoms with E-state index < -0.39 is 5.54 Å². The van der Waals surface area contributed by atoms with Crippen LogP contribution < -0.4 is 5.73 Å². The standard InChI is InChI=1S/C20H22FN5O.ClH/c1-13-17(14(2)26(24-13)16-7-5-15(21)6-8-16)9-10-18-23-19(25-27-18)20(22)11-3-4-12-20;/h5-10H,3-4,11-12,22H2,1-2H3;1H/b10-9+;. The number of nitrogens with zero attached hydrogens (tertiary/aromatic N) is 4. The molecule has 4 rings (SSSR count). The zero-order valence-corrected chi connectivity index (χ0v) is 16.7. The third kappa shape index (κ3) is 3.72. The van der Waals surface area contributed by atoms with Crippen molar-refractivity contribution < 1.29 is 8.91 Å². The van der Waals surface area contributed by atoms with Crippen LogP contribution >= 0.6 is 12.4 Å². The van der Waals surface area contributed by atoms with Crippen LogP contribution in [-0.4, -0.2) is 19.9 Å². The summed E-state index contributed by atoms with van der Waals surface area (Å²) in [6.07, 6.45) is 7.65. The Morgan fingerprint density at radius 3 is 2.50 bits per heavy atom. The minimum Gasteiger partial charge on any atom is -0.335 e. The summed E-state index contributed by atoms with van der Waals surface area (Å²) in [5.74, 6) is 0.734. The molecule has 0 aliphatic heterocycles. The molecule has 0 unspecified atom stereocenters. The maximum absolute atomic E-state index is 13.2. The molecule has 8 heteroatoms. The number of nitrogens with two attached hydrogens (primary N) is 1. The van der Waals surface area contributed by atoms with Crippen LogP contribution in [0.25, 0.3) is 17.8 Å². The van der Waals surface area contributed by atoms with Gasteiger partial charge in [-0.2, -0.15) is 10.1 Å². The first-order chi connectivity index (χ1) is 13.0. The van der Waals surface area contributed by atoms with Gasteiger partial charge in [0.25, 0.3) is 5.89 Å². The molecule has 0 bridgehead atoms. The quantitative estimate of drug-likeness (QED) is 0.700. The summed E-state index contributed by atoms with van der Waals surface area (Å²) in [7, 11) is 0. The van der Waals surface area contributed by atoms with Crippen LogP contribution in [-0.2, 0) is 5.54 Å². The Labute approximate surface area is 169 Å². The molecular formula is C20H23ClFN5O. The van der Waals surface area contributed by atoms with Gasteiger partial charge in [-0.25, -0.2) is 9.07 Å². The van der Waals surface area contributed by atoms with Gasteiger partial charge in [-0.15, -0.1) is 12.4 Å². The van der Waals surface area contributed by atoms with E-state index in [9.17, 15) is 4.39 Å². The van der Waals surface area contributed by atoms with Crippen LogP contribution in [0.5, 0.6) is 0 Å². The molecule has 2 aromatic heterocycles. The first kappa shape index (κ1) is 20.2. The summed E-state index contributed by atoms with van der Waals surface area (Å²) in [5, 5.41) is 8.63. The van der Waals surface area contributed by atoms with E-state index in [-0.39, 0.29) is 18.2 Å². The van der Waals surface area contributed by atoms with Crippen molar-refractivity contribution in [1.29, 1.82) is 0 Å². The van der Waals surface area contributed by atoms with Crippen molar-refractivity contribution in [2.75, 3.05) is 0 Å². The van der Waals surface area contributed by atoms with Crippen LogP contribution in [0.2, 0.25) is 0 Å². The van der Waals surface area contributed by atoms with E-state index in [4.69, 9.17) is 10.3 Å². The predicted molar refractivity (Wildman–Crippen MR) is 108 cm³/mol. The van der Waals surface area contributed by atoms with Crippen molar-refractivity contribution in [1.82, 2.24) is 19.9 Å². The summed E-state index contributed by atoms with van der Waals surface area (Å²) >= 11 is 0. The number of hydrogen-bond donors (Lipinski definition) is 1. The fraction of sp³-hybridized carbons (Fsp3) is 0.350. The fourth-order valence-corrected chi connectivity index (χ4v) is 3.62. The molecule has 0 radical (unpaired) electrons.